The average molecular weight is 228 g/mol. The van der Waals surface area contributed by atoms with Gasteiger partial charge in [0.25, 0.3) is 0 Å². The summed E-state index contributed by atoms with van der Waals surface area (Å²) in [6.45, 7) is 0.801. The van der Waals surface area contributed by atoms with Gasteiger partial charge in [-0.05, 0) is 47.4 Å². The molecule has 1 aliphatic carbocycles. The quantitative estimate of drug-likeness (QED) is 0.864. The Labute approximate surface area is 101 Å². The van der Waals surface area contributed by atoms with Crippen LogP contribution in [-0.4, -0.2) is 11.7 Å². The van der Waals surface area contributed by atoms with Crippen LogP contribution in [0.4, 0.5) is 0 Å². The third-order valence-electron chi connectivity index (χ3n) is 3.29. The van der Waals surface area contributed by atoms with Gasteiger partial charge in [0.05, 0.1) is 6.61 Å². The minimum absolute atomic E-state index is 0.299. The predicted octanol–water partition coefficient (Wildman–Crippen LogP) is 3.72. The maximum atomic E-state index is 9.44. The summed E-state index contributed by atoms with van der Waals surface area (Å²) in [5.74, 6) is 2.09. The van der Waals surface area contributed by atoms with E-state index in [1.54, 1.807) is 12.1 Å². The molecule has 2 heteroatoms. The SMILES string of the molecule is Oc1ccc2ccc(OCCC3CC3)cc2c1. The fraction of sp³-hybridized carbons (Fsp3) is 0.333. The van der Waals surface area contributed by atoms with Crippen molar-refractivity contribution in [1.82, 2.24) is 0 Å². The van der Waals surface area contributed by atoms with Gasteiger partial charge in [0.2, 0.25) is 0 Å². The zero-order chi connectivity index (χ0) is 11.7. The second-order valence-electron chi connectivity index (χ2n) is 4.77. The highest BCUT2D eigenvalue weighted by Crippen LogP contribution is 2.32. The van der Waals surface area contributed by atoms with Crippen molar-refractivity contribution in [1.29, 1.82) is 0 Å². The van der Waals surface area contributed by atoms with Crippen LogP contribution in [0.25, 0.3) is 10.8 Å². The summed E-state index contributed by atoms with van der Waals surface area (Å²) in [5.41, 5.74) is 0. The summed E-state index contributed by atoms with van der Waals surface area (Å²) < 4.78 is 5.72. The van der Waals surface area contributed by atoms with E-state index in [4.69, 9.17) is 4.74 Å². The second-order valence-corrected chi connectivity index (χ2v) is 4.77. The normalized spacial score (nSPS) is 15.1. The molecule has 3 rings (SSSR count). The Bertz CT molecular complexity index is 529. The van der Waals surface area contributed by atoms with Gasteiger partial charge in [-0.1, -0.05) is 25.0 Å². The number of phenolic OH excluding ortho intramolecular Hbond substituents is 1. The Morgan fingerprint density at radius 2 is 1.88 bits per heavy atom. The van der Waals surface area contributed by atoms with Gasteiger partial charge < -0.3 is 9.84 Å². The van der Waals surface area contributed by atoms with Crippen molar-refractivity contribution >= 4 is 10.8 Å². The van der Waals surface area contributed by atoms with Gasteiger partial charge in [0.1, 0.15) is 11.5 Å². The molecule has 0 unspecified atom stereocenters. The minimum Gasteiger partial charge on any atom is -0.508 e. The summed E-state index contributed by atoms with van der Waals surface area (Å²) in [7, 11) is 0. The van der Waals surface area contributed by atoms with Crippen LogP contribution in [0.15, 0.2) is 36.4 Å². The van der Waals surface area contributed by atoms with Crippen LogP contribution in [0.2, 0.25) is 0 Å². The molecule has 0 atom stereocenters. The largest absolute Gasteiger partial charge is 0.508 e. The van der Waals surface area contributed by atoms with Crippen molar-refractivity contribution in [3.05, 3.63) is 36.4 Å². The van der Waals surface area contributed by atoms with E-state index in [-0.39, 0.29) is 0 Å². The fourth-order valence-corrected chi connectivity index (χ4v) is 2.05. The topological polar surface area (TPSA) is 29.5 Å². The molecule has 2 nitrogen and oxygen atoms in total. The molecule has 0 heterocycles. The van der Waals surface area contributed by atoms with Crippen LogP contribution in [0, 0.1) is 5.92 Å². The first-order valence-electron chi connectivity index (χ1n) is 6.17. The van der Waals surface area contributed by atoms with E-state index in [2.05, 4.69) is 0 Å². The lowest BCUT2D eigenvalue weighted by atomic mass is 10.1. The zero-order valence-electron chi connectivity index (χ0n) is 9.73. The number of fused-ring (bicyclic) bond motifs is 1. The number of aromatic hydroxyl groups is 1. The Morgan fingerprint density at radius 1 is 1.06 bits per heavy atom. The number of hydrogen-bond donors (Lipinski definition) is 1. The molecule has 1 saturated carbocycles. The molecule has 17 heavy (non-hydrogen) atoms. The Morgan fingerprint density at radius 3 is 2.71 bits per heavy atom. The number of benzene rings is 2. The highest BCUT2D eigenvalue weighted by atomic mass is 16.5. The predicted molar refractivity (Wildman–Crippen MR) is 68.4 cm³/mol. The van der Waals surface area contributed by atoms with E-state index in [1.807, 2.05) is 24.3 Å². The van der Waals surface area contributed by atoms with Crippen molar-refractivity contribution in [3.8, 4) is 11.5 Å². The van der Waals surface area contributed by atoms with Gasteiger partial charge >= 0.3 is 0 Å². The smallest absolute Gasteiger partial charge is 0.119 e. The second kappa shape index (κ2) is 4.28. The van der Waals surface area contributed by atoms with Crippen LogP contribution in [0.5, 0.6) is 11.5 Å². The van der Waals surface area contributed by atoms with Crippen molar-refractivity contribution in [2.24, 2.45) is 5.92 Å². The van der Waals surface area contributed by atoms with Crippen molar-refractivity contribution < 1.29 is 9.84 Å². The average Bonchev–Trinajstić information content (AvgIpc) is 3.12. The summed E-state index contributed by atoms with van der Waals surface area (Å²) in [6, 6.07) is 11.4. The summed E-state index contributed by atoms with van der Waals surface area (Å²) >= 11 is 0. The summed E-state index contributed by atoms with van der Waals surface area (Å²) in [5, 5.41) is 11.6. The molecule has 0 spiro atoms. The van der Waals surface area contributed by atoms with Crippen LogP contribution < -0.4 is 4.74 Å². The maximum absolute atomic E-state index is 9.44. The number of rotatable bonds is 4. The number of ether oxygens (including phenoxy) is 1. The standard InChI is InChI=1S/C15H16O2/c16-14-5-3-12-4-6-15(10-13(12)9-14)17-8-7-11-1-2-11/h3-6,9-11,16H,1-2,7-8H2. The maximum Gasteiger partial charge on any atom is 0.119 e. The Hall–Kier alpha value is -1.70. The van der Waals surface area contributed by atoms with Gasteiger partial charge in [-0.3, -0.25) is 0 Å². The van der Waals surface area contributed by atoms with E-state index in [0.717, 1.165) is 35.5 Å². The van der Waals surface area contributed by atoms with Crippen LogP contribution in [0.1, 0.15) is 19.3 Å². The van der Waals surface area contributed by atoms with Gasteiger partial charge in [0, 0.05) is 0 Å². The van der Waals surface area contributed by atoms with E-state index in [9.17, 15) is 5.11 Å². The minimum atomic E-state index is 0.299. The first-order chi connectivity index (χ1) is 8.31. The van der Waals surface area contributed by atoms with Crippen molar-refractivity contribution in [2.45, 2.75) is 19.3 Å². The first kappa shape index (κ1) is 10.5. The number of phenols is 1. The van der Waals surface area contributed by atoms with Crippen LogP contribution >= 0.6 is 0 Å². The monoisotopic (exact) mass is 228 g/mol. The Balaban J connectivity index is 1.74. The van der Waals surface area contributed by atoms with Crippen LogP contribution in [0.3, 0.4) is 0 Å². The summed E-state index contributed by atoms with van der Waals surface area (Å²) in [6.07, 6.45) is 3.90. The first-order valence-corrected chi connectivity index (χ1v) is 6.17. The lowest BCUT2D eigenvalue weighted by molar-refractivity contribution is 0.303. The molecular formula is C15H16O2. The molecule has 2 aromatic rings. The van der Waals surface area contributed by atoms with Gasteiger partial charge in [-0.15, -0.1) is 0 Å². The van der Waals surface area contributed by atoms with E-state index < -0.39 is 0 Å². The van der Waals surface area contributed by atoms with E-state index in [0.29, 0.717) is 5.75 Å². The van der Waals surface area contributed by atoms with Gasteiger partial charge in [-0.2, -0.15) is 0 Å². The summed E-state index contributed by atoms with van der Waals surface area (Å²) in [4.78, 5) is 0. The van der Waals surface area contributed by atoms with Crippen LogP contribution in [-0.2, 0) is 0 Å². The van der Waals surface area contributed by atoms with E-state index in [1.165, 1.54) is 12.8 Å². The lowest BCUT2D eigenvalue weighted by Crippen LogP contribution is -1.97. The Kier molecular flexibility index (Phi) is 2.63. The molecule has 0 amide bonds. The zero-order valence-corrected chi connectivity index (χ0v) is 9.73. The molecule has 0 aliphatic heterocycles. The number of hydrogen-bond acceptors (Lipinski definition) is 2. The van der Waals surface area contributed by atoms with Gasteiger partial charge in [-0.25, -0.2) is 0 Å². The molecule has 0 bridgehead atoms. The van der Waals surface area contributed by atoms with Crippen molar-refractivity contribution in [3.63, 3.8) is 0 Å². The lowest BCUT2D eigenvalue weighted by Gasteiger charge is -2.07. The fourth-order valence-electron chi connectivity index (χ4n) is 2.05. The van der Waals surface area contributed by atoms with Gasteiger partial charge in [0.15, 0.2) is 0 Å². The molecule has 0 radical (unpaired) electrons. The highest BCUT2D eigenvalue weighted by Gasteiger charge is 2.20. The molecule has 1 N–H and O–H groups in total. The molecular weight excluding hydrogens is 212 g/mol. The molecule has 1 fully saturated rings. The highest BCUT2D eigenvalue weighted by molar-refractivity contribution is 5.85. The van der Waals surface area contributed by atoms with E-state index >= 15 is 0 Å². The molecule has 2 aromatic carbocycles. The molecule has 1 aliphatic rings. The molecule has 88 valence electrons. The third-order valence-corrected chi connectivity index (χ3v) is 3.29. The molecule has 0 saturated heterocycles. The third kappa shape index (κ3) is 2.52. The molecule has 0 aromatic heterocycles. The van der Waals surface area contributed by atoms with Crippen molar-refractivity contribution in [2.75, 3.05) is 6.61 Å².